The van der Waals surface area contributed by atoms with Gasteiger partial charge in [-0.25, -0.2) is 13.1 Å². The Bertz CT molecular complexity index is 406. The molecule has 6 nitrogen and oxygen atoms in total. The van der Waals surface area contributed by atoms with Crippen molar-refractivity contribution in [2.24, 2.45) is 4.99 Å². The van der Waals surface area contributed by atoms with Crippen LogP contribution in [0.25, 0.3) is 0 Å². The van der Waals surface area contributed by atoms with E-state index in [9.17, 15) is 8.42 Å². The van der Waals surface area contributed by atoms with Gasteiger partial charge in [0, 0.05) is 25.7 Å². The first-order valence-electron chi connectivity index (χ1n) is 7.40. The molecule has 0 unspecified atom stereocenters. The predicted octanol–water partition coefficient (Wildman–Crippen LogP) is 1.43. The third kappa shape index (κ3) is 9.51. The third-order valence-electron chi connectivity index (χ3n) is 3.25. The van der Waals surface area contributed by atoms with Gasteiger partial charge in [-0.15, -0.1) is 24.0 Å². The van der Waals surface area contributed by atoms with Crippen LogP contribution in [0.3, 0.4) is 0 Å². The fourth-order valence-corrected chi connectivity index (χ4v) is 3.56. The molecule has 8 heteroatoms. The quantitative estimate of drug-likeness (QED) is 0.337. The lowest BCUT2D eigenvalue weighted by Crippen LogP contribution is -2.46. The average molecular weight is 432 g/mol. The Kier molecular flexibility index (Phi) is 10.6. The van der Waals surface area contributed by atoms with Crippen LogP contribution in [0.1, 0.15) is 46.0 Å². The van der Waals surface area contributed by atoms with Crippen LogP contribution in [0.4, 0.5) is 0 Å². The number of nitrogens with one attached hydrogen (secondary N) is 3. The van der Waals surface area contributed by atoms with Crippen LogP contribution in [0.2, 0.25) is 0 Å². The van der Waals surface area contributed by atoms with E-state index < -0.39 is 10.0 Å². The van der Waals surface area contributed by atoms with Crippen molar-refractivity contribution in [3.63, 3.8) is 0 Å². The zero-order valence-electron chi connectivity index (χ0n) is 13.2. The lowest BCUT2D eigenvalue weighted by atomic mass is 9.96. The molecule has 1 aliphatic carbocycles. The van der Waals surface area contributed by atoms with E-state index in [1.807, 2.05) is 13.8 Å². The molecule has 0 bridgehead atoms. The van der Waals surface area contributed by atoms with Crippen LogP contribution < -0.4 is 15.4 Å². The van der Waals surface area contributed by atoms with Crippen molar-refractivity contribution in [1.82, 2.24) is 15.4 Å². The summed E-state index contributed by atoms with van der Waals surface area (Å²) in [6.45, 7) is 3.98. The summed E-state index contributed by atoms with van der Waals surface area (Å²) in [5.41, 5.74) is 0. The van der Waals surface area contributed by atoms with Crippen molar-refractivity contribution in [1.29, 1.82) is 0 Å². The van der Waals surface area contributed by atoms with Gasteiger partial charge < -0.3 is 10.6 Å². The number of hydrogen-bond acceptors (Lipinski definition) is 3. The second-order valence-corrected chi connectivity index (χ2v) is 7.44. The summed E-state index contributed by atoms with van der Waals surface area (Å²) >= 11 is 0. The Labute approximate surface area is 146 Å². The van der Waals surface area contributed by atoms with Gasteiger partial charge in [0.25, 0.3) is 0 Å². The van der Waals surface area contributed by atoms with Crippen LogP contribution in [0, 0.1) is 0 Å². The monoisotopic (exact) mass is 432 g/mol. The number of sulfonamides is 1. The fourth-order valence-electron chi connectivity index (χ4n) is 2.36. The molecule has 21 heavy (non-hydrogen) atoms. The van der Waals surface area contributed by atoms with Crippen LogP contribution in [-0.2, 0) is 10.0 Å². The van der Waals surface area contributed by atoms with Crippen LogP contribution in [0.5, 0.6) is 0 Å². The number of halogens is 1. The molecule has 0 aromatic rings. The van der Waals surface area contributed by atoms with Crippen LogP contribution in [-0.4, -0.2) is 45.8 Å². The first-order chi connectivity index (χ1) is 9.43. The van der Waals surface area contributed by atoms with Crippen LogP contribution in [0.15, 0.2) is 4.99 Å². The van der Waals surface area contributed by atoms with Gasteiger partial charge in [-0.05, 0) is 26.7 Å². The summed E-state index contributed by atoms with van der Waals surface area (Å²) in [6.07, 6.45) is 6.13. The molecule has 0 aromatic carbocycles. The minimum absolute atomic E-state index is 0. The number of nitrogens with zero attached hydrogens (tertiary/aromatic N) is 1. The Morgan fingerprint density at radius 1 is 1.24 bits per heavy atom. The molecule has 0 aliphatic heterocycles. The highest BCUT2D eigenvalue weighted by Gasteiger charge is 2.15. The predicted molar refractivity (Wildman–Crippen MR) is 98.8 cm³/mol. The largest absolute Gasteiger partial charge is 0.355 e. The molecule has 0 atom stereocenters. The van der Waals surface area contributed by atoms with Crippen LogP contribution >= 0.6 is 24.0 Å². The molecule has 1 rings (SSSR count). The highest BCUT2D eigenvalue weighted by Crippen LogP contribution is 2.17. The SMILES string of the molecule is CN=C(NCCS(=O)(=O)NC(C)C)NC1CCCCC1.I. The topological polar surface area (TPSA) is 82.6 Å². The molecular formula is C13H29IN4O2S. The van der Waals surface area contributed by atoms with Crippen molar-refractivity contribution >= 4 is 40.0 Å². The van der Waals surface area contributed by atoms with Crippen molar-refractivity contribution < 1.29 is 8.42 Å². The van der Waals surface area contributed by atoms with Gasteiger partial charge in [-0.2, -0.15) is 0 Å². The Hall–Kier alpha value is -0.0900. The summed E-state index contributed by atoms with van der Waals surface area (Å²) in [4.78, 5) is 4.14. The number of guanidine groups is 1. The molecule has 0 heterocycles. The molecule has 0 radical (unpaired) electrons. The van der Waals surface area contributed by atoms with Gasteiger partial charge >= 0.3 is 0 Å². The van der Waals surface area contributed by atoms with Gasteiger partial charge in [0.2, 0.25) is 10.0 Å². The zero-order chi connectivity index (χ0) is 15.0. The van der Waals surface area contributed by atoms with E-state index in [4.69, 9.17) is 0 Å². The lowest BCUT2D eigenvalue weighted by Gasteiger charge is -2.24. The highest BCUT2D eigenvalue weighted by atomic mass is 127. The Balaban J connectivity index is 0.00000400. The van der Waals surface area contributed by atoms with E-state index in [0.29, 0.717) is 18.5 Å². The second-order valence-electron chi connectivity index (χ2n) is 5.57. The number of aliphatic imine (C=N–C) groups is 1. The lowest BCUT2D eigenvalue weighted by molar-refractivity contribution is 0.410. The molecule has 3 N–H and O–H groups in total. The zero-order valence-corrected chi connectivity index (χ0v) is 16.3. The summed E-state index contributed by atoms with van der Waals surface area (Å²) in [6, 6.07) is 0.389. The summed E-state index contributed by atoms with van der Waals surface area (Å²) < 4.78 is 25.9. The van der Waals surface area contributed by atoms with E-state index in [0.717, 1.165) is 12.8 Å². The summed E-state index contributed by atoms with van der Waals surface area (Å²) in [5, 5.41) is 6.42. The van der Waals surface area contributed by atoms with Crippen molar-refractivity contribution in [2.75, 3.05) is 19.3 Å². The summed E-state index contributed by atoms with van der Waals surface area (Å²) in [5.74, 6) is 0.743. The molecule has 1 fully saturated rings. The molecule has 0 aromatic heterocycles. The molecule has 0 amide bonds. The fraction of sp³-hybridized carbons (Fsp3) is 0.923. The molecular weight excluding hydrogens is 403 g/mol. The molecule has 1 saturated carbocycles. The molecule has 0 saturated heterocycles. The maximum atomic E-state index is 11.7. The second kappa shape index (κ2) is 10.6. The molecule has 0 spiro atoms. The van der Waals surface area contributed by atoms with E-state index in [2.05, 4.69) is 20.3 Å². The van der Waals surface area contributed by atoms with Gasteiger partial charge in [-0.1, -0.05) is 19.3 Å². The Morgan fingerprint density at radius 2 is 1.86 bits per heavy atom. The smallest absolute Gasteiger partial charge is 0.213 e. The minimum Gasteiger partial charge on any atom is -0.355 e. The average Bonchev–Trinajstić information content (AvgIpc) is 2.37. The van der Waals surface area contributed by atoms with Gasteiger partial charge in [0.1, 0.15) is 0 Å². The van der Waals surface area contributed by atoms with E-state index in [1.165, 1.54) is 19.3 Å². The van der Waals surface area contributed by atoms with Gasteiger partial charge in [0.05, 0.1) is 5.75 Å². The molecule has 1 aliphatic rings. The Morgan fingerprint density at radius 3 is 2.38 bits per heavy atom. The normalized spacial score (nSPS) is 17.4. The van der Waals surface area contributed by atoms with Crippen molar-refractivity contribution in [3.8, 4) is 0 Å². The minimum atomic E-state index is -3.21. The maximum absolute atomic E-state index is 11.7. The first-order valence-corrected chi connectivity index (χ1v) is 9.05. The molecule has 126 valence electrons. The van der Waals surface area contributed by atoms with E-state index in [-0.39, 0.29) is 35.8 Å². The highest BCUT2D eigenvalue weighted by molar-refractivity contribution is 14.0. The number of hydrogen-bond donors (Lipinski definition) is 3. The standard InChI is InChI=1S/C13H28N4O2S.HI/c1-11(2)17-20(18,19)10-9-15-13(14-3)16-12-7-5-4-6-8-12;/h11-12,17H,4-10H2,1-3H3,(H2,14,15,16);1H. The number of rotatable bonds is 6. The van der Waals surface area contributed by atoms with Gasteiger partial charge in [-0.3, -0.25) is 4.99 Å². The third-order valence-corrected chi connectivity index (χ3v) is 4.82. The first kappa shape index (κ1) is 20.9. The van der Waals surface area contributed by atoms with Gasteiger partial charge in [0.15, 0.2) is 5.96 Å². The van der Waals surface area contributed by atoms with Crippen molar-refractivity contribution in [3.05, 3.63) is 0 Å². The van der Waals surface area contributed by atoms with Crippen molar-refractivity contribution in [2.45, 2.75) is 58.0 Å². The van der Waals surface area contributed by atoms with E-state index >= 15 is 0 Å². The maximum Gasteiger partial charge on any atom is 0.213 e. The van der Waals surface area contributed by atoms with E-state index in [1.54, 1.807) is 7.05 Å². The summed E-state index contributed by atoms with van der Waals surface area (Å²) in [7, 11) is -1.51.